The minimum absolute atomic E-state index is 0.0422. The maximum absolute atomic E-state index is 14.9. The van der Waals surface area contributed by atoms with E-state index in [2.05, 4.69) is 10.3 Å². The molecule has 0 bridgehead atoms. The first kappa shape index (κ1) is 22.2. The van der Waals surface area contributed by atoms with Crippen LogP contribution in [0.1, 0.15) is 41.1 Å². The largest absolute Gasteiger partial charge is 0.481 e. The SMILES string of the molecule is O=C(NC1CC1)c1cn(-c2cccc(-c3ccc([C@H]4C[C@H]4C(=O)O)c(F)c3)c2)c2ncccc2c1=O. The summed E-state index contributed by atoms with van der Waals surface area (Å²) < 4.78 is 16.6. The number of rotatable bonds is 6. The molecule has 2 N–H and O–H groups in total. The molecule has 0 spiro atoms. The molecule has 4 aromatic rings. The van der Waals surface area contributed by atoms with E-state index in [1.54, 1.807) is 35.0 Å². The second-order valence-corrected chi connectivity index (χ2v) is 9.44. The molecular formula is C28H22FN3O4. The van der Waals surface area contributed by atoms with Crippen LogP contribution < -0.4 is 10.7 Å². The van der Waals surface area contributed by atoms with Crippen LogP contribution in [0.25, 0.3) is 27.8 Å². The minimum Gasteiger partial charge on any atom is -0.481 e. The molecule has 1 amide bonds. The Balaban J connectivity index is 1.41. The molecule has 2 aliphatic rings. The van der Waals surface area contributed by atoms with Gasteiger partial charge in [-0.1, -0.05) is 24.3 Å². The van der Waals surface area contributed by atoms with Crippen LogP contribution >= 0.6 is 0 Å². The van der Waals surface area contributed by atoms with E-state index in [1.807, 2.05) is 24.3 Å². The maximum atomic E-state index is 14.9. The molecule has 2 aromatic carbocycles. The third kappa shape index (κ3) is 3.94. The normalized spacial score (nSPS) is 18.7. The molecule has 2 aromatic heterocycles. The number of amides is 1. The lowest BCUT2D eigenvalue weighted by Crippen LogP contribution is -2.31. The number of fused-ring (bicyclic) bond motifs is 1. The summed E-state index contributed by atoms with van der Waals surface area (Å²) in [4.78, 5) is 41.4. The van der Waals surface area contributed by atoms with E-state index in [-0.39, 0.29) is 23.0 Å². The molecule has 0 saturated heterocycles. The summed E-state index contributed by atoms with van der Waals surface area (Å²) in [5, 5.41) is 12.4. The fourth-order valence-corrected chi connectivity index (χ4v) is 4.66. The Morgan fingerprint density at radius 3 is 2.58 bits per heavy atom. The number of carboxylic acid groups (broad SMARTS) is 1. The summed E-state index contributed by atoms with van der Waals surface area (Å²) in [6.07, 6.45) is 5.36. The van der Waals surface area contributed by atoms with Crippen LogP contribution in [0.5, 0.6) is 0 Å². The third-order valence-corrected chi connectivity index (χ3v) is 6.88. The molecule has 8 heteroatoms. The Morgan fingerprint density at radius 2 is 1.86 bits per heavy atom. The predicted molar refractivity (Wildman–Crippen MR) is 132 cm³/mol. The summed E-state index contributed by atoms with van der Waals surface area (Å²) in [6.45, 7) is 0. The number of nitrogens with one attached hydrogen (secondary N) is 1. The molecule has 180 valence electrons. The average Bonchev–Trinajstić information content (AvgIpc) is 3.80. The third-order valence-electron chi connectivity index (χ3n) is 6.88. The molecular weight excluding hydrogens is 461 g/mol. The summed E-state index contributed by atoms with van der Waals surface area (Å²) in [5.41, 5.74) is 2.53. The van der Waals surface area contributed by atoms with Gasteiger partial charge in [0.15, 0.2) is 0 Å². The minimum atomic E-state index is -0.900. The van der Waals surface area contributed by atoms with Crippen LogP contribution in [-0.2, 0) is 4.79 Å². The van der Waals surface area contributed by atoms with E-state index in [0.717, 1.165) is 18.4 Å². The van der Waals surface area contributed by atoms with E-state index in [1.165, 1.54) is 12.3 Å². The van der Waals surface area contributed by atoms with Crippen LogP contribution in [0.15, 0.2) is 71.8 Å². The smallest absolute Gasteiger partial charge is 0.307 e. The van der Waals surface area contributed by atoms with Crippen molar-refractivity contribution in [1.29, 1.82) is 0 Å². The van der Waals surface area contributed by atoms with Crippen molar-refractivity contribution < 1.29 is 19.1 Å². The van der Waals surface area contributed by atoms with Gasteiger partial charge >= 0.3 is 5.97 Å². The Morgan fingerprint density at radius 1 is 1.06 bits per heavy atom. The van der Waals surface area contributed by atoms with Crippen LogP contribution in [-0.4, -0.2) is 32.6 Å². The Labute approximate surface area is 205 Å². The highest BCUT2D eigenvalue weighted by atomic mass is 19.1. The number of aliphatic carboxylic acids is 1. The quantitative estimate of drug-likeness (QED) is 0.427. The molecule has 2 atom stereocenters. The fraction of sp³-hybridized carbons (Fsp3) is 0.214. The van der Waals surface area contributed by atoms with Crippen molar-refractivity contribution in [3.8, 4) is 16.8 Å². The number of carbonyl (C=O) groups excluding carboxylic acids is 1. The van der Waals surface area contributed by atoms with Crippen molar-refractivity contribution >= 4 is 22.9 Å². The molecule has 0 aliphatic heterocycles. The second-order valence-electron chi connectivity index (χ2n) is 9.44. The first-order valence-corrected chi connectivity index (χ1v) is 11.8. The Hall–Kier alpha value is -4.33. The highest BCUT2D eigenvalue weighted by Gasteiger charge is 2.45. The average molecular weight is 483 g/mol. The number of carboxylic acids is 1. The van der Waals surface area contributed by atoms with Gasteiger partial charge in [0.25, 0.3) is 5.91 Å². The lowest BCUT2D eigenvalue weighted by Gasteiger charge is -2.14. The van der Waals surface area contributed by atoms with Gasteiger partial charge in [-0.15, -0.1) is 0 Å². The molecule has 36 heavy (non-hydrogen) atoms. The zero-order valence-corrected chi connectivity index (χ0v) is 19.1. The van der Waals surface area contributed by atoms with Gasteiger partial charge in [0.05, 0.1) is 11.3 Å². The lowest BCUT2D eigenvalue weighted by molar-refractivity contribution is -0.138. The highest BCUT2D eigenvalue weighted by Crippen LogP contribution is 2.48. The summed E-state index contributed by atoms with van der Waals surface area (Å²) in [5.74, 6) is -2.55. The van der Waals surface area contributed by atoms with Gasteiger partial charge in [0.1, 0.15) is 17.0 Å². The number of hydrogen-bond acceptors (Lipinski definition) is 4. The van der Waals surface area contributed by atoms with Crippen LogP contribution in [0.3, 0.4) is 0 Å². The van der Waals surface area contributed by atoms with Gasteiger partial charge in [-0.2, -0.15) is 0 Å². The summed E-state index contributed by atoms with van der Waals surface area (Å²) in [6, 6.07) is 15.6. The van der Waals surface area contributed by atoms with Crippen molar-refractivity contribution in [3.05, 3.63) is 94.2 Å². The van der Waals surface area contributed by atoms with Gasteiger partial charge in [0, 0.05) is 30.0 Å². The maximum Gasteiger partial charge on any atom is 0.307 e. The van der Waals surface area contributed by atoms with Crippen LogP contribution in [0, 0.1) is 11.7 Å². The number of halogens is 1. The fourth-order valence-electron chi connectivity index (χ4n) is 4.66. The zero-order chi connectivity index (χ0) is 25.0. The van der Waals surface area contributed by atoms with E-state index >= 15 is 0 Å². The number of carbonyl (C=O) groups is 2. The molecule has 6 rings (SSSR count). The molecule has 0 unspecified atom stereocenters. The Kier molecular flexibility index (Phi) is 5.17. The van der Waals surface area contributed by atoms with E-state index < -0.39 is 23.6 Å². The first-order valence-electron chi connectivity index (χ1n) is 11.8. The van der Waals surface area contributed by atoms with Gasteiger partial charge in [-0.3, -0.25) is 14.4 Å². The van der Waals surface area contributed by atoms with Crippen LogP contribution in [0.2, 0.25) is 0 Å². The highest BCUT2D eigenvalue weighted by molar-refractivity contribution is 5.97. The molecule has 2 heterocycles. The number of benzene rings is 2. The number of pyridine rings is 2. The number of nitrogens with zero attached hydrogens (tertiary/aromatic N) is 2. The van der Waals surface area contributed by atoms with Crippen molar-refractivity contribution in [3.63, 3.8) is 0 Å². The second kappa shape index (κ2) is 8.41. The summed E-state index contributed by atoms with van der Waals surface area (Å²) >= 11 is 0. The Bertz CT molecular complexity index is 1610. The molecule has 2 saturated carbocycles. The van der Waals surface area contributed by atoms with Crippen molar-refractivity contribution in [2.24, 2.45) is 5.92 Å². The van der Waals surface area contributed by atoms with Crippen molar-refractivity contribution in [2.45, 2.75) is 31.2 Å². The van der Waals surface area contributed by atoms with Gasteiger partial charge < -0.3 is 15.0 Å². The molecule has 2 fully saturated rings. The standard InChI is InChI=1S/C28H22FN3O4/c29-24-12-16(6-9-19(24)21-13-22(21)28(35)36)15-3-1-4-18(11-15)32-14-23(27(34)31-17-7-8-17)25(33)20-5-2-10-30-26(20)32/h1-6,9-12,14,17,21-22H,7-8,13H2,(H,31,34)(H,35,36)/t21-,22-/m1/s1. The van der Waals surface area contributed by atoms with E-state index in [0.29, 0.717) is 34.3 Å². The van der Waals surface area contributed by atoms with Crippen molar-refractivity contribution in [1.82, 2.24) is 14.9 Å². The molecule has 2 aliphatic carbocycles. The number of aromatic nitrogens is 2. The van der Waals surface area contributed by atoms with Crippen molar-refractivity contribution in [2.75, 3.05) is 0 Å². The van der Waals surface area contributed by atoms with E-state index in [4.69, 9.17) is 5.11 Å². The first-order chi connectivity index (χ1) is 17.4. The van der Waals surface area contributed by atoms with Gasteiger partial charge in [-0.25, -0.2) is 9.37 Å². The molecule has 7 nitrogen and oxygen atoms in total. The number of hydrogen-bond donors (Lipinski definition) is 2. The lowest BCUT2D eigenvalue weighted by atomic mass is 10.0. The summed E-state index contributed by atoms with van der Waals surface area (Å²) in [7, 11) is 0. The monoisotopic (exact) mass is 483 g/mol. The van der Waals surface area contributed by atoms with Gasteiger partial charge in [-0.05, 0) is 66.3 Å². The molecule has 0 radical (unpaired) electrons. The predicted octanol–water partition coefficient (Wildman–Crippen LogP) is 4.27. The van der Waals surface area contributed by atoms with E-state index in [9.17, 15) is 18.8 Å². The zero-order valence-electron chi connectivity index (χ0n) is 19.1. The van der Waals surface area contributed by atoms with Crippen LogP contribution in [0.4, 0.5) is 4.39 Å². The topological polar surface area (TPSA) is 101 Å². The van der Waals surface area contributed by atoms with Gasteiger partial charge in [0.2, 0.25) is 5.43 Å².